The van der Waals surface area contributed by atoms with E-state index in [0.717, 1.165) is 17.7 Å². The van der Waals surface area contributed by atoms with E-state index in [1.165, 1.54) is 42.1 Å². The summed E-state index contributed by atoms with van der Waals surface area (Å²) in [4.78, 5) is 35.8. The van der Waals surface area contributed by atoms with Crippen LogP contribution >= 0.6 is 22.9 Å². The van der Waals surface area contributed by atoms with Crippen LogP contribution in [0.25, 0.3) is 10.7 Å². The minimum Gasteiger partial charge on any atom is -0.496 e. The average Bonchev–Trinajstić information content (AvgIpc) is 3.72. The summed E-state index contributed by atoms with van der Waals surface area (Å²) in [5.74, 6) is -0.781. The zero-order valence-electron chi connectivity index (χ0n) is 27.6. The molecule has 2 bridgehead atoms. The number of halogens is 1. The maximum absolute atomic E-state index is 14.8. The van der Waals surface area contributed by atoms with Gasteiger partial charge in [0.2, 0.25) is 6.35 Å². The predicted molar refractivity (Wildman–Crippen MR) is 175 cm³/mol. The maximum atomic E-state index is 14.8. The highest BCUT2D eigenvalue weighted by Crippen LogP contribution is 2.48. The van der Waals surface area contributed by atoms with Crippen molar-refractivity contribution in [2.24, 2.45) is 0 Å². The molecule has 5 atom stereocenters. The number of ether oxygens (including phenoxy) is 4. The molecule has 5 heterocycles. The Bertz CT molecular complexity index is 1630. The van der Waals surface area contributed by atoms with Crippen LogP contribution in [-0.2, 0) is 19.0 Å². The first kappa shape index (κ1) is 33.7. The quantitative estimate of drug-likeness (QED) is 0.274. The minimum absolute atomic E-state index is 0.00125. The van der Waals surface area contributed by atoms with Crippen molar-refractivity contribution >= 4 is 39.7 Å². The van der Waals surface area contributed by atoms with E-state index in [1.807, 2.05) is 0 Å². The molecule has 3 aliphatic heterocycles. The first-order chi connectivity index (χ1) is 22.2. The van der Waals surface area contributed by atoms with Gasteiger partial charge < -0.3 is 29.0 Å². The van der Waals surface area contributed by atoms with Gasteiger partial charge in [-0.05, 0) is 103 Å². The zero-order valence-corrected chi connectivity index (χ0v) is 29.2. The second kappa shape index (κ2) is 12.7. The number of carbonyl (C=O) groups excluding carboxylic acids is 2. The van der Waals surface area contributed by atoms with E-state index >= 15 is 0 Å². The van der Waals surface area contributed by atoms with E-state index in [0.29, 0.717) is 51.0 Å². The van der Waals surface area contributed by atoms with Crippen LogP contribution in [0.3, 0.4) is 0 Å². The number of rotatable bonds is 9. The van der Waals surface area contributed by atoms with Crippen molar-refractivity contribution in [1.82, 2.24) is 14.3 Å². The molecule has 3 aromatic rings. The van der Waals surface area contributed by atoms with Crippen molar-refractivity contribution in [3.8, 4) is 16.5 Å². The van der Waals surface area contributed by atoms with Crippen LogP contribution in [0.15, 0.2) is 23.7 Å². The molecule has 3 aliphatic rings. The smallest absolute Gasteiger partial charge is 0.332 e. The molecule has 254 valence electrons. The molecule has 2 aromatic heterocycles. The lowest BCUT2D eigenvalue weighted by Gasteiger charge is -2.48. The average molecular weight is 689 g/mol. The highest BCUT2D eigenvalue weighted by Gasteiger charge is 2.51. The Kier molecular flexibility index (Phi) is 9.11. The lowest BCUT2D eigenvalue weighted by molar-refractivity contribution is -0.172. The second-order valence-corrected chi connectivity index (χ2v) is 15.4. The van der Waals surface area contributed by atoms with Crippen LogP contribution in [0.5, 0.6) is 5.75 Å². The van der Waals surface area contributed by atoms with Crippen LogP contribution in [0.4, 0.5) is 9.39 Å². The molecule has 2 saturated heterocycles. The van der Waals surface area contributed by atoms with Gasteiger partial charge in [-0.25, -0.2) is 14.2 Å². The number of hydrogen-bond donors (Lipinski definition) is 1. The Balaban J connectivity index is 1.46. The van der Waals surface area contributed by atoms with Crippen LogP contribution in [-0.4, -0.2) is 80.7 Å². The number of esters is 1. The summed E-state index contributed by atoms with van der Waals surface area (Å²) in [5, 5.41) is 12.6. The zero-order chi connectivity index (χ0) is 33.8. The number of methoxy groups -OCH3 is 1. The molecule has 0 radical (unpaired) electrons. The monoisotopic (exact) mass is 688 g/mol. The molecule has 0 spiro atoms. The van der Waals surface area contributed by atoms with Gasteiger partial charge in [0.05, 0.1) is 42.4 Å². The fraction of sp³-hybridized carbons (Fsp3) is 0.576. The number of thiophene rings is 1. The molecule has 1 aromatic carbocycles. The highest BCUT2D eigenvalue weighted by atomic mass is 32.1. The molecular formula is C33H41FN4O7S2. The van der Waals surface area contributed by atoms with Crippen LogP contribution in [0.2, 0.25) is 0 Å². The van der Waals surface area contributed by atoms with Crippen molar-refractivity contribution in [3.63, 3.8) is 0 Å². The lowest BCUT2D eigenvalue weighted by atomic mass is 9.97. The number of amides is 1. The van der Waals surface area contributed by atoms with Crippen LogP contribution in [0.1, 0.15) is 87.9 Å². The number of carbonyl (C=O) groups is 2. The number of nitrogens with zero attached hydrogens (tertiary/aromatic N) is 4. The van der Waals surface area contributed by atoms with Crippen molar-refractivity contribution < 1.29 is 38.0 Å². The Morgan fingerprint density at radius 1 is 1.19 bits per heavy atom. The maximum Gasteiger partial charge on any atom is 0.332 e. The third-order valence-corrected chi connectivity index (χ3v) is 10.7. The molecule has 14 heteroatoms. The van der Waals surface area contributed by atoms with Gasteiger partial charge in [-0.15, -0.1) is 11.3 Å². The number of aromatic nitrogens is 2. The Morgan fingerprint density at radius 2 is 1.89 bits per heavy atom. The van der Waals surface area contributed by atoms with Gasteiger partial charge in [0.15, 0.2) is 5.82 Å². The van der Waals surface area contributed by atoms with Gasteiger partial charge in [0.1, 0.15) is 39.3 Å². The number of aliphatic hydroxyl groups is 1. The summed E-state index contributed by atoms with van der Waals surface area (Å²) in [6, 6.07) is 4.25. The number of hydrogen-bond acceptors (Lipinski definition) is 12. The fourth-order valence-corrected chi connectivity index (χ4v) is 8.39. The van der Waals surface area contributed by atoms with E-state index in [9.17, 15) is 19.1 Å². The predicted octanol–water partition coefficient (Wildman–Crippen LogP) is 5.85. The third kappa shape index (κ3) is 6.50. The number of anilines is 1. The van der Waals surface area contributed by atoms with E-state index < -0.39 is 41.3 Å². The highest BCUT2D eigenvalue weighted by molar-refractivity contribution is 7.20. The van der Waals surface area contributed by atoms with Crippen molar-refractivity contribution in [3.05, 3.63) is 46.2 Å². The fourth-order valence-electron chi connectivity index (χ4n) is 6.63. The SMILES string of the molecule is COc1ccc(F)cc1[C@H](CN1c2sc(-c3ncsn3)c(C)c2C(=O)N(C(C)(C)C(=O)OC(C)(C)C)C1O)OC1C[C@H]2CC[C@@H](C1)O2. The Morgan fingerprint density at radius 3 is 2.51 bits per heavy atom. The minimum atomic E-state index is -1.61. The van der Waals surface area contributed by atoms with Gasteiger partial charge in [0.25, 0.3) is 5.91 Å². The molecule has 2 unspecified atom stereocenters. The lowest BCUT2D eigenvalue weighted by Crippen LogP contribution is -2.66. The Hall–Kier alpha value is -3.17. The summed E-state index contributed by atoms with van der Waals surface area (Å²) < 4.78 is 43.5. The van der Waals surface area contributed by atoms with Crippen molar-refractivity contribution in [1.29, 1.82) is 0 Å². The summed E-state index contributed by atoms with van der Waals surface area (Å²) in [6.07, 6.45) is 0.900. The summed E-state index contributed by atoms with van der Waals surface area (Å²) in [5.41, 5.74) is 0.597. The topological polar surface area (TPSA) is 124 Å². The van der Waals surface area contributed by atoms with Crippen molar-refractivity contribution in [2.75, 3.05) is 18.6 Å². The standard InChI is InChI=1S/C33H41FN4O7S2/c1-17-25-28(39)38(33(5,6)30(40)45-32(2,3)4)31(41)37(29(25)47-26(17)27-35-16-46-36-27)15-24(22-12-18(34)8-11-23(22)42-7)44-21-13-19-9-10-20(14-21)43-19/h8,11-12,16,19-21,24,31,41H,9-10,13-15H2,1-7H3/t19-,20+,21?,24-,31?/m0/s1. The molecule has 47 heavy (non-hydrogen) atoms. The molecule has 2 fully saturated rings. The molecule has 6 rings (SSSR count). The summed E-state index contributed by atoms with van der Waals surface area (Å²) in [6.45, 7) is 10.1. The number of benzene rings is 1. The normalized spacial score (nSPS) is 23.6. The molecule has 0 saturated carbocycles. The number of aliphatic hydroxyl groups excluding tert-OH is 1. The van der Waals surface area contributed by atoms with Gasteiger partial charge >= 0.3 is 5.97 Å². The Labute approximate surface area is 281 Å². The van der Waals surface area contributed by atoms with Gasteiger partial charge in [-0.2, -0.15) is 4.37 Å². The molecular weight excluding hydrogens is 648 g/mol. The molecule has 1 N–H and O–H groups in total. The largest absolute Gasteiger partial charge is 0.496 e. The van der Waals surface area contributed by atoms with E-state index in [-0.39, 0.29) is 24.9 Å². The van der Waals surface area contributed by atoms with E-state index in [1.54, 1.807) is 58.0 Å². The third-order valence-electron chi connectivity index (χ3n) is 8.90. The van der Waals surface area contributed by atoms with E-state index in [2.05, 4.69) is 9.36 Å². The van der Waals surface area contributed by atoms with Gasteiger partial charge in [-0.3, -0.25) is 9.69 Å². The summed E-state index contributed by atoms with van der Waals surface area (Å²) in [7, 11) is 1.51. The first-order valence-corrected chi connectivity index (χ1v) is 17.4. The van der Waals surface area contributed by atoms with Gasteiger partial charge in [0, 0.05) is 5.56 Å². The summed E-state index contributed by atoms with van der Waals surface area (Å²) >= 11 is 2.47. The second-order valence-electron chi connectivity index (χ2n) is 13.8. The van der Waals surface area contributed by atoms with E-state index in [4.69, 9.17) is 18.9 Å². The van der Waals surface area contributed by atoms with Gasteiger partial charge in [-0.1, -0.05) is 0 Å². The molecule has 11 nitrogen and oxygen atoms in total. The molecule has 1 amide bonds. The van der Waals surface area contributed by atoms with Crippen molar-refractivity contribution in [2.45, 2.75) is 109 Å². The first-order valence-electron chi connectivity index (χ1n) is 15.7. The molecule has 0 aliphatic carbocycles. The van der Waals surface area contributed by atoms with Crippen LogP contribution in [0, 0.1) is 12.7 Å². The number of fused-ring (bicyclic) bond motifs is 3. The van der Waals surface area contributed by atoms with Crippen LogP contribution < -0.4 is 9.64 Å².